The Kier molecular flexibility index (Phi) is 5.87. The fourth-order valence-electron chi connectivity index (χ4n) is 2.58. The SMILES string of the molecule is CCOc1ccc(CC(CN)c2ccc(C)c(C)c2)cc1Cl. The number of ether oxygens (including phenoxy) is 1. The quantitative estimate of drug-likeness (QED) is 0.842. The van der Waals surface area contributed by atoms with Crippen LogP contribution in [0.15, 0.2) is 36.4 Å². The molecule has 0 bridgehead atoms. The van der Waals surface area contributed by atoms with Gasteiger partial charge in [-0.05, 0) is 68.1 Å². The summed E-state index contributed by atoms with van der Waals surface area (Å²) in [5.41, 5.74) is 11.1. The minimum atomic E-state index is 0.299. The van der Waals surface area contributed by atoms with Crippen molar-refractivity contribution < 1.29 is 4.74 Å². The third-order valence-corrected chi connectivity index (χ3v) is 4.36. The highest BCUT2D eigenvalue weighted by molar-refractivity contribution is 6.32. The van der Waals surface area contributed by atoms with E-state index >= 15 is 0 Å². The Morgan fingerprint density at radius 3 is 2.45 bits per heavy atom. The van der Waals surface area contributed by atoms with Crippen molar-refractivity contribution in [1.29, 1.82) is 0 Å². The first-order valence-electron chi connectivity index (χ1n) is 7.73. The van der Waals surface area contributed by atoms with Crippen molar-refractivity contribution in [1.82, 2.24) is 0 Å². The number of hydrogen-bond acceptors (Lipinski definition) is 2. The highest BCUT2D eigenvalue weighted by atomic mass is 35.5. The zero-order valence-corrected chi connectivity index (χ0v) is 14.3. The lowest BCUT2D eigenvalue weighted by molar-refractivity contribution is 0.340. The van der Waals surface area contributed by atoms with Crippen LogP contribution in [0.4, 0.5) is 0 Å². The standard InChI is InChI=1S/C19H24ClNO/c1-4-22-19-8-6-15(11-18(19)20)10-17(12-21)16-7-5-13(2)14(3)9-16/h5-9,11,17H,4,10,12,21H2,1-3H3. The van der Waals surface area contributed by atoms with E-state index in [4.69, 9.17) is 22.1 Å². The van der Waals surface area contributed by atoms with Gasteiger partial charge in [-0.2, -0.15) is 0 Å². The van der Waals surface area contributed by atoms with Crippen LogP contribution in [0.3, 0.4) is 0 Å². The van der Waals surface area contributed by atoms with E-state index < -0.39 is 0 Å². The summed E-state index contributed by atoms with van der Waals surface area (Å²) in [7, 11) is 0. The van der Waals surface area contributed by atoms with Crippen LogP contribution < -0.4 is 10.5 Å². The molecule has 0 saturated carbocycles. The number of nitrogens with two attached hydrogens (primary N) is 1. The van der Waals surface area contributed by atoms with Gasteiger partial charge in [-0.3, -0.25) is 0 Å². The fourth-order valence-corrected chi connectivity index (χ4v) is 2.84. The average molecular weight is 318 g/mol. The zero-order valence-electron chi connectivity index (χ0n) is 13.5. The number of halogens is 1. The predicted molar refractivity (Wildman–Crippen MR) is 94.0 cm³/mol. The molecule has 3 heteroatoms. The smallest absolute Gasteiger partial charge is 0.137 e. The highest BCUT2D eigenvalue weighted by Crippen LogP contribution is 2.28. The Morgan fingerprint density at radius 2 is 1.86 bits per heavy atom. The number of hydrogen-bond donors (Lipinski definition) is 1. The molecule has 22 heavy (non-hydrogen) atoms. The lowest BCUT2D eigenvalue weighted by Gasteiger charge is -2.17. The van der Waals surface area contributed by atoms with Gasteiger partial charge in [0.15, 0.2) is 0 Å². The summed E-state index contributed by atoms with van der Waals surface area (Å²) in [6.45, 7) is 7.46. The lowest BCUT2D eigenvalue weighted by Crippen LogP contribution is -2.15. The molecule has 2 rings (SSSR count). The summed E-state index contributed by atoms with van der Waals surface area (Å²) in [6, 6.07) is 12.6. The van der Waals surface area contributed by atoms with Crippen molar-refractivity contribution in [3.05, 3.63) is 63.7 Å². The number of benzene rings is 2. The summed E-state index contributed by atoms with van der Waals surface area (Å²) in [5, 5.41) is 0.662. The van der Waals surface area contributed by atoms with Crippen LogP contribution in [0, 0.1) is 13.8 Å². The van der Waals surface area contributed by atoms with Crippen LogP contribution >= 0.6 is 11.6 Å². The molecule has 0 saturated heterocycles. The Hall–Kier alpha value is -1.51. The maximum atomic E-state index is 6.27. The molecule has 0 radical (unpaired) electrons. The molecular formula is C19H24ClNO. The van der Waals surface area contributed by atoms with Gasteiger partial charge in [-0.25, -0.2) is 0 Å². The van der Waals surface area contributed by atoms with Gasteiger partial charge in [0.2, 0.25) is 0 Å². The van der Waals surface area contributed by atoms with Gasteiger partial charge in [0.1, 0.15) is 5.75 Å². The predicted octanol–water partition coefficient (Wildman–Crippen LogP) is 4.64. The normalized spacial score (nSPS) is 12.2. The molecule has 2 N–H and O–H groups in total. The molecule has 0 amide bonds. The summed E-state index contributed by atoms with van der Waals surface area (Å²) in [6.07, 6.45) is 0.880. The molecule has 0 heterocycles. The van der Waals surface area contributed by atoms with Gasteiger partial charge in [0.25, 0.3) is 0 Å². The molecule has 0 spiro atoms. The van der Waals surface area contributed by atoms with E-state index in [0.29, 0.717) is 24.1 Å². The average Bonchev–Trinajstić information content (AvgIpc) is 2.50. The van der Waals surface area contributed by atoms with Crippen molar-refractivity contribution >= 4 is 11.6 Å². The Balaban J connectivity index is 2.19. The second kappa shape index (κ2) is 7.66. The van der Waals surface area contributed by atoms with Crippen LogP contribution in [0.2, 0.25) is 5.02 Å². The van der Waals surface area contributed by atoms with Gasteiger partial charge in [0.05, 0.1) is 11.6 Å². The third-order valence-electron chi connectivity index (χ3n) is 4.07. The van der Waals surface area contributed by atoms with E-state index in [-0.39, 0.29) is 0 Å². The van der Waals surface area contributed by atoms with Crippen LogP contribution in [0.1, 0.15) is 35.1 Å². The number of rotatable bonds is 6. The molecule has 0 aliphatic carbocycles. The minimum Gasteiger partial charge on any atom is -0.492 e. The Labute approximate surface area is 138 Å². The van der Waals surface area contributed by atoms with Crippen molar-refractivity contribution in [2.75, 3.05) is 13.2 Å². The van der Waals surface area contributed by atoms with Crippen molar-refractivity contribution in [3.8, 4) is 5.75 Å². The molecule has 0 fully saturated rings. The monoisotopic (exact) mass is 317 g/mol. The van der Waals surface area contributed by atoms with Crippen LogP contribution in [-0.4, -0.2) is 13.2 Å². The molecule has 2 nitrogen and oxygen atoms in total. The van der Waals surface area contributed by atoms with E-state index in [9.17, 15) is 0 Å². The zero-order chi connectivity index (χ0) is 16.1. The number of aryl methyl sites for hydroxylation is 2. The van der Waals surface area contributed by atoms with Crippen LogP contribution in [-0.2, 0) is 6.42 Å². The van der Waals surface area contributed by atoms with Gasteiger partial charge in [-0.1, -0.05) is 35.9 Å². The molecule has 0 aliphatic heterocycles. The van der Waals surface area contributed by atoms with Crippen molar-refractivity contribution in [2.45, 2.75) is 33.1 Å². The van der Waals surface area contributed by atoms with E-state index in [2.05, 4.69) is 38.1 Å². The molecule has 1 atom stereocenters. The van der Waals surface area contributed by atoms with Crippen LogP contribution in [0.5, 0.6) is 5.75 Å². The molecule has 2 aromatic rings. The summed E-state index contributed by atoms with van der Waals surface area (Å²) in [4.78, 5) is 0. The second-order valence-corrected chi connectivity index (χ2v) is 6.09. The van der Waals surface area contributed by atoms with Crippen molar-refractivity contribution in [2.24, 2.45) is 5.73 Å². The van der Waals surface area contributed by atoms with E-state index in [1.165, 1.54) is 22.3 Å². The topological polar surface area (TPSA) is 35.2 Å². The van der Waals surface area contributed by atoms with Crippen molar-refractivity contribution in [3.63, 3.8) is 0 Å². The fraction of sp³-hybridized carbons (Fsp3) is 0.368. The highest BCUT2D eigenvalue weighted by Gasteiger charge is 2.13. The summed E-state index contributed by atoms with van der Waals surface area (Å²) in [5.74, 6) is 1.04. The first-order chi connectivity index (χ1) is 10.5. The molecule has 1 unspecified atom stereocenters. The summed E-state index contributed by atoms with van der Waals surface area (Å²) >= 11 is 6.27. The van der Waals surface area contributed by atoms with E-state index in [1.807, 2.05) is 19.1 Å². The van der Waals surface area contributed by atoms with E-state index in [1.54, 1.807) is 0 Å². The van der Waals surface area contributed by atoms with Gasteiger partial charge in [-0.15, -0.1) is 0 Å². The molecular weight excluding hydrogens is 294 g/mol. The molecule has 0 aliphatic rings. The molecule has 2 aromatic carbocycles. The second-order valence-electron chi connectivity index (χ2n) is 5.68. The molecule has 0 aromatic heterocycles. The minimum absolute atomic E-state index is 0.299. The third kappa shape index (κ3) is 4.02. The lowest BCUT2D eigenvalue weighted by atomic mass is 9.90. The van der Waals surface area contributed by atoms with Gasteiger partial charge < -0.3 is 10.5 Å². The van der Waals surface area contributed by atoms with Gasteiger partial charge >= 0.3 is 0 Å². The molecule has 118 valence electrons. The largest absolute Gasteiger partial charge is 0.492 e. The first kappa shape index (κ1) is 16.9. The van der Waals surface area contributed by atoms with Gasteiger partial charge in [0, 0.05) is 5.92 Å². The Bertz CT molecular complexity index is 639. The Morgan fingerprint density at radius 1 is 1.09 bits per heavy atom. The summed E-state index contributed by atoms with van der Waals surface area (Å²) < 4.78 is 5.48. The van der Waals surface area contributed by atoms with Crippen LogP contribution in [0.25, 0.3) is 0 Å². The van der Waals surface area contributed by atoms with E-state index in [0.717, 1.165) is 12.2 Å². The maximum Gasteiger partial charge on any atom is 0.137 e. The first-order valence-corrected chi connectivity index (χ1v) is 8.11. The maximum absolute atomic E-state index is 6.27.